The number of carbonyl (C=O) groups excluding carboxylic acids is 1. The summed E-state index contributed by atoms with van der Waals surface area (Å²) in [6, 6.07) is 7.33. The van der Waals surface area contributed by atoms with Crippen molar-refractivity contribution in [3.8, 4) is 10.6 Å². The third-order valence-corrected chi connectivity index (χ3v) is 4.61. The van der Waals surface area contributed by atoms with Crippen LogP contribution in [0.25, 0.3) is 16.3 Å². The van der Waals surface area contributed by atoms with Gasteiger partial charge in [-0.1, -0.05) is 11.2 Å². The van der Waals surface area contributed by atoms with Crippen LogP contribution < -0.4 is 5.32 Å². The third-order valence-electron chi connectivity index (χ3n) is 3.72. The van der Waals surface area contributed by atoms with E-state index in [0.29, 0.717) is 5.76 Å². The Morgan fingerprint density at radius 2 is 2.11 bits per heavy atom. The predicted octanol–water partition coefficient (Wildman–Crippen LogP) is 3.39. The highest BCUT2D eigenvalue weighted by Crippen LogP contribution is 2.31. The lowest BCUT2D eigenvalue weighted by molar-refractivity contribution is -0.136. The van der Waals surface area contributed by atoms with Gasteiger partial charge in [-0.2, -0.15) is 13.2 Å². The van der Waals surface area contributed by atoms with E-state index < -0.39 is 17.6 Å². The maximum Gasteiger partial charge on any atom is 0.420 e. The molecule has 0 radical (unpaired) electrons. The molecular formula is C16H10F3N5O2S. The third kappa shape index (κ3) is 3.28. The van der Waals surface area contributed by atoms with Gasteiger partial charge >= 0.3 is 6.18 Å². The number of halogens is 3. The molecule has 0 atom stereocenters. The Hall–Kier alpha value is -3.21. The number of hydrogen-bond acceptors (Lipinski definition) is 6. The van der Waals surface area contributed by atoms with Crippen molar-refractivity contribution in [2.75, 3.05) is 0 Å². The minimum absolute atomic E-state index is 0.0585. The SMILES string of the molecule is O=C(NCc1nnc2c(C(F)(F)F)cccn12)c1cc(-c2cccs2)on1. The summed E-state index contributed by atoms with van der Waals surface area (Å²) in [6.07, 6.45) is -3.15. The van der Waals surface area contributed by atoms with E-state index in [0.717, 1.165) is 10.9 Å². The first-order valence-electron chi connectivity index (χ1n) is 7.62. The van der Waals surface area contributed by atoms with Gasteiger partial charge in [-0.05, 0) is 23.6 Å². The van der Waals surface area contributed by atoms with Gasteiger partial charge in [0.2, 0.25) is 0 Å². The standard InChI is InChI=1S/C16H10F3N5O2S/c17-16(18,19)9-3-1-5-24-13(21-22-14(9)24)8-20-15(25)10-7-11(26-23-10)12-4-2-6-27-12/h1-7H,8H2,(H,20,25). The van der Waals surface area contributed by atoms with Gasteiger partial charge in [-0.25, -0.2) is 0 Å². The molecule has 0 unspecified atom stereocenters. The zero-order valence-corrected chi connectivity index (χ0v) is 14.2. The molecule has 0 aromatic carbocycles. The highest BCUT2D eigenvalue weighted by Gasteiger charge is 2.34. The van der Waals surface area contributed by atoms with Crippen LogP contribution in [0.15, 0.2) is 46.4 Å². The molecule has 0 saturated heterocycles. The molecule has 11 heteroatoms. The number of thiophene rings is 1. The predicted molar refractivity (Wildman–Crippen MR) is 89.0 cm³/mol. The van der Waals surface area contributed by atoms with Crippen molar-refractivity contribution in [3.63, 3.8) is 0 Å². The van der Waals surface area contributed by atoms with Crippen LogP contribution in [-0.2, 0) is 12.7 Å². The highest BCUT2D eigenvalue weighted by atomic mass is 32.1. The summed E-state index contributed by atoms with van der Waals surface area (Å²) < 4.78 is 45.4. The number of aromatic nitrogens is 4. The minimum Gasteiger partial charge on any atom is -0.355 e. The van der Waals surface area contributed by atoms with Crippen LogP contribution in [0, 0.1) is 0 Å². The normalized spacial score (nSPS) is 11.8. The number of carbonyl (C=O) groups is 1. The van der Waals surface area contributed by atoms with Crippen LogP contribution in [0.1, 0.15) is 21.9 Å². The Labute approximate surface area is 153 Å². The smallest absolute Gasteiger partial charge is 0.355 e. The Kier molecular flexibility index (Phi) is 4.15. The van der Waals surface area contributed by atoms with Crippen LogP contribution in [0.4, 0.5) is 13.2 Å². The number of alkyl halides is 3. The van der Waals surface area contributed by atoms with E-state index in [4.69, 9.17) is 4.52 Å². The lowest BCUT2D eigenvalue weighted by Gasteiger charge is -2.07. The van der Waals surface area contributed by atoms with Gasteiger partial charge in [0, 0.05) is 12.3 Å². The van der Waals surface area contributed by atoms with Crippen LogP contribution in [0.3, 0.4) is 0 Å². The molecule has 138 valence electrons. The number of amides is 1. The lowest BCUT2D eigenvalue weighted by atomic mass is 10.2. The molecule has 1 amide bonds. The van der Waals surface area contributed by atoms with Crippen molar-refractivity contribution >= 4 is 22.9 Å². The van der Waals surface area contributed by atoms with Crippen molar-refractivity contribution in [2.45, 2.75) is 12.7 Å². The fraction of sp³-hybridized carbons (Fsp3) is 0.125. The lowest BCUT2D eigenvalue weighted by Crippen LogP contribution is -2.24. The van der Waals surface area contributed by atoms with Crippen molar-refractivity contribution in [1.29, 1.82) is 0 Å². The summed E-state index contributed by atoms with van der Waals surface area (Å²) in [7, 11) is 0. The van der Waals surface area contributed by atoms with E-state index in [-0.39, 0.29) is 23.7 Å². The molecule has 0 bridgehead atoms. The van der Waals surface area contributed by atoms with Crippen molar-refractivity contribution < 1.29 is 22.5 Å². The number of pyridine rings is 1. The molecular weight excluding hydrogens is 383 g/mol. The number of nitrogens with one attached hydrogen (secondary N) is 1. The second kappa shape index (κ2) is 6.50. The Balaban J connectivity index is 1.51. The number of rotatable bonds is 4. The van der Waals surface area contributed by atoms with Crippen LogP contribution in [0.2, 0.25) is 0 Å². The molecule has 0 saturated carbocycles. The van der Waals surface area contributed by atoms with Gasteiger partial charge in [0.15, 0.2) is 22.9 Å². The molecule has 0 fully saturated rings. The Bertz CT molecular complexity index is 1100. The largest absolute Gasteiger partial charge is 0.420 e. The van der Waals surface area contributed by atoms with Gasteiger partial charge < -0.3 is 9.84 Å². The van der Waals surface area contributed by atoms with Crippen molar-refractivity contribution in [3.05, 3.63) is 59.0 Å². The minimum atomic E-state index is -4.55. The van der Waals surface area contributed by atoms with Gasteiger partial charge in [0.05, 0.1) is 11.4 Å². The Morgan fingerprint density at radius 1 is 1.26 bits per heavy atom. The number of nitrogens with zero attached hydrogens (tertiary/aromatic N) is 4. The first kappa shape index (κ1) is 17.2. The summed E-state index contributed by atoms with van der Waals surface area (Å²) in [6.45, 7) is -0.123. The van der Waals surface area contributed by atoms with Crippen LogP contribution in [0.5, 0.6) is 0 Å². The summed E-state index contributed by atoms with van der Waals surface area (Å²) in [4.78, 5) is 13.0. The fourth-order valence-electron chi connectivity index (χ4n) is 2.47. The summed E-state index contributed by atoms with van der Waals surface area (Å²) >= 11 is 1.44. The molecule has 0 aliphatic carbocycles. The first-order valence-corrected chi connectivity index (χ1v) is 8.50. The zero-order chi connectivity index (χ0) is 19.0. The molecule has 0 aliphatic heterocycles. The highest BCUT2D eigenvalue weighted by molar-refractivity contribution is 7.13. The summed E-state index contributed by atoms with van der Waals surface area (Å²) in [5, 5.41) is 15.4. The van der Waals surface area contributed by atoms with Crippen LogP contribution in [-0.4, -0.2) is 25.7 Å². The number of hydrogen-bond donors (Lipinski definition) is 1. The summed E-state index contributed by atoms with van der Waals surface area (Å²) in [5.41, 5.74) is -1.16. The average Bonchev–Trinajstić information content (AvgIpc) is 3.37. The molecule has 4 rings (SSSR count). The first-order chi connectivity index (χ1) is 12.9. The molecule has 7 nitrogen and oxygen atoms in total. The molecule has 1 N–H and O–H groups in total. The topological polar surface area (TPSA) is 85.3 Å². The average molecular weight is 393 g/mol. The molecule has 4 heterocycles. The second-order valence-electron chi connectivity index (χ2n) is 5.47. The van der Waals surface area contributed by atoms with Gasteiger partial charge in [-0.3, -0.25) is 9.20 Å². The summed E-state index contributed by atoms with van der Waals surface area (Å²) in [5.74, 6) is 0.0783. The number of fused-ring (bicyclic) bond motifs is 1. The molecule has 4 aromatic heterocycles. The van der Waals surface area contributed by atoms with E-state index in [2.05, 4.69) is 20.7 Å². The van der Waals surface area contributed by atoms with E-state index in [1.165, 1.54) is 34.1 Å². The van der Waals surface area contributed by atoms with Crippen LogP contribution >= 0.6 is 11.3 Å². The van der Waals surface area contributed by atoms with Gasteiger partial charge in [0.1, 0.15) is 5.56 Å². The van der Waals surface area contributed by atoms with Crippen molar-refractivity contribution in [1.82, 2.24) is 25.1 Å². The molecule has 4 aromatic rings. The quantitative estimate of drug-likeness (QED) is 0.574. The molecule has 0 aliphatic rings. The van der Waals surface area contributed by atoms with Gasteiger partial charge in [0.25, 0.3) is 5.91 Å². The monoisotopic (exact) mass is 393 g/mol. The maximum atomic E-state index is 13.0. The Morgan fingerprint density at radius 3 is 2.85 bits per heavy atom. The van der Waals surface area contributed by atoms with E-state index in [1.54, 1.807) is 0 Å². The molecule has 27 heavy (non-hydrogen) atoms. The van der Waals surface area contributed by atoms with Crippen molar-refractivity contribution in [2.24, 2.45) is 0 Å². The van der Waals surface area contributed by atoms with Gasteiger partial charge in [-0.15, -0.1) is 21.5 Å². The van der Waals surface area contributed by atoms with E-state index in [9.17, 15) is 18.0 Å². The zero-order valence-electron chi connectivity index (χ0n) is 13.4. The maximum absolute atomic E-state index is 13.0. The molecule has 0 spiro atoms. The second-order valence-corrected chi connectivity index (χ2v) is 6.41. The van der Waals surface area contributed by atoms with E-state index >= 15 is 0 Å². The van der Waals surface area contributed by atoms with E-state index in [1.807, 2.05) is 17.5 Å². The fourth-order valence-corrected chi connectivity index (χ4v) is 3.15.